The third kappa shape index (κ3) is 3.11. The normalized spacial score (nSPS) is 10.7. The summed E-state index contributed by atoms with van der Waals surface area (Å²) in [5.41, 5.74) is -0.871. The fourth-order valence-electron chi connectivity index (χ4n) is 2.21. The molecule has 1 N–H and O–H groups in total. The maximum absolute atomic E-state index is 13.6. The standard InChI is InChI=1S/C16H8F3N3O3/c17-10-3-4-11(18)15(19)14(10)16(23)21-13-6-1-8-7-9(22(24)25)2-5-12(8)20-13/h1-7H,(H,20,21,23). The van der Waals surface area contributed by atoms with Crippen LogP contribution in [-0.2, 0) is 0 Å². The topological polar surface area (TPSA) is 85.1 Å². The second kappa shape index (κ2) is 6.19. The highest BCUT2D eigenvalue weighted by molar-refractivity contribution is 6.04. The lowest BCUT2D eigenvalue weighted by Gasteiger charge is -2.08. The van der Waals surface area contributed by atoms with Crippen LogP contribution in [0.15, 0.2) is 42.5 Å². The minimum atomic E-state index is -1.60. The number of pyridine rings is 1. The van der Waals surface area contributed by atoms with Crippen molar-refractivity contribution in [2.75, 3.05) is 5.32 Å². The highest BCUT2D eigenvalue weighted by Crippen LogP contribution is 2.22. The minimum absolute atomic E-state index is 0.0468. The van der Waals surface area contributed by atoms with Crippen LogP contribution in [-0.4, -0.2) is 15.8 Å². The lowest BCUT2D eigenvalue weighted by atomic mass is 10.1. The highest BCUT2D eigenvalue weighted by Gasteiger charge is 2.21. The SMILES string of the molecule is O=C(Nc1ccc2cc([N+](=O)[O-])ccc2n1)c1c(F)ccc(F)c1F. The molecular weight excluding hydrogens is 339 g/mol. The van der Waals surface area contributed by atoms with E-state index in [1.165, 1.54) is 30.3 Å². The Morgan fingerprint density at radius 3 is 2.48 bits per heavy atom. The Bertz CT molecular complexity index is 1020. The molecule has 9 heteroatoms. The summed E-state index contributed by atoms with van der Waals surface area (Å²) in [4.78, 5) is 26.2. The summed E-state index contributed by atoms with van der Waals surface area (Å²) in [5, 5.41) is 13.3. The zero-order chi connectivity index (χ0) is 18.1. The van der Waals surface area contributed by atoms with E-state index < -0.39 is 33.8 Å². The number of amides is 1. The summed E-state index contributed by atoms with van der Waals surface area (Å²) in [6.07, 6.45) is 0. The maximum Gasteiger partial charge on any atom is 0.270 e. The van der Waals surface area contributed by atoms with E-state index in [1.54, 1.807) is 0 Å². The molecule has 2 aromatic carbocycles. The van der Waals surface area contributed by atoms with Crippen molar-refractivity contribution in [3.63, 3.8) is 0 Å². The number of hydrogen-bond acceptors (Lipinski definition) is 4. The number of rotatable bonds is 3. The minimum Gasteiger partial charge on any atom is -0.306 e. The Labute approximate surface area is 138 Å². The molecule has 0 fully saturated rings. The molecule has 3 rings (SSSR count). The Balaban J connectivity index is 1.93. The number of benzene rings is 2. The van der Waals surface area contributed by atoms with Crippen molar-refractivity contribution in [1.82, 2.24) is 4.98 Å². The van der Waals surface area contributed by atoms with Gasteiger partial charge in [-0.1, -0.05) is 0 Å². The largest absolute Gasteiger partial charge is 0.306 e. The van der Waals surface area contributed by atoms with Gasteiger partial charge in [0, 0.05) is 17.5 Å². The first-order valence-electron chi connectivity index (χ1n) is 6.87. The second-order valence-electron chi connectivity index (χ2n) is 5.00. The van der Waals surface area contributed by atoms with Crippen molar-refractivity contribution < 1.29 is 22.9 Å². The van der Waals surface area contributed by atoms with Gasteiger partial charge in [-0.05, 0) is 30.3 Å². The van der Waals surface area contributed by atoms with Crippen LogP contribution in [0, 0.1) is 27.6 Å². The van der Waals surface area contributed by atoms with Gasteiger partial charge in [0.2, 0.25) is 0 Å². The fourth-order valence-corrected chi connectivity index (χ4v) is 2.21. The maximum atomic E-state index is 13.6. The van der Waals surface area contributed by atoms with E-state index in [0.29, 0.717) is 23.0 Å². The first-order valence-corrected chi connectivity index (χ1v) is 6.87. The fraction of sp³-hybridized carbons (Fsp3) is 0. The molecule has 0 atom stereocenters. The van der Waals surface area contributed by atoms with Crippen LogP contribution in [0.1, 0.15) is 10.4 Å². The number of carbonyl (C=O) groups excluding carboxylic acids is 1. The van der Waals surface area contributed by atoms with Crippen LogP contribution in [0.4, 0.5) is 24.7 Å². The molecular formula is C16H8F3N3O3. The molecule has 6 nitrogen and oxygen atoms in total. The number of hydrogen-bond donors (Lipinski definition) is 1. The summed E-state index contributed by atoms with van der Waals surface area (Å²) >= 11 is 0. The Hall–Kier alpha value is -3.49. The van der Waals surface area contributed by atoms with Gasteiger partial charge in [-0.15, -0.1) is 0 Å². The Morgan fingerprint density at radius 1 is 1.04 bits per heavy atom. The van der Waals surface area contributed by atoms with Crippen LogP contribution in [0.25, 0.3) is 10.9 Å². The lowest BCUT2D eigenvalue weighted by molar-refractivity contribution is -0.384. The predicted molar refractivity (Wildman–Crippen MR) is 82.7 cm³/mol. The van der Waals surface area contributed by atoms with Gasteiger partial charge in [-0.25, -0.2) is 18.2 Å². The van der Waals surface area contributed by atoms with Crippen LogP contribution >= 0.6 is 0 Å². The summed E-state index contributed by atoms with van der Waals surface area (Å²) in [7, 11) is 0. The van der Waals surface area contributed by atoms with Crippen LogP contribution in [0.3, 0.4) is 0 Å². The molecule has 1 aromatic heterocycles. The predicted octanol–water partition coefficient (Wildman–Crippen LogP) is 3.81. The van der Waals surface area contributed by atoms with Crippen LogP contribution < -0.4 is 5.32 Å². The lowest BCUT2D eigenvalue weighted by Crippen LogP contribution is -2.17. The van der Waals surface area contributed by atoms with E-state index in [-0.39, 0.29) is 11.5 Å². The highest BCUT2D eigenvalue weighted by atomic mass is 19.2. The Kier molecular flexibility index (Phi) is 4.05. The van der Waals surface area contributed by atoms with Crippen molar-refractivity contribution >= 4 is 28.3 Å². The second-order valence-corrected chi connectivity index (χ2v) is 5.00. The number of non-ortho nitro benzene ring substituents is 1. The summed E-state index contributed by atoms with van der Waals surface area (Å²) < 4.78 is 40.4. The summed E-state index contributed by atoms with van der Waals surface area (Å²) in [6, 6.07) is 7.85. The molecule has 1 heterocycles. The zero-order valence-electron chi connectivity index (χ0n) is 12.3. The summed E-state index contributed by atoms with van der Waals surface area (Å²) in [6.45, 7) is 0. The van der Waals surface area contributed by atoms with Gasteiger partial charge in [0.05, 0.1) is 10.4 Å². The molecule has 0 aliphatic heterocycles. The van der Waals surface area contributed by atoms with Crippen LogP contribution in [0.2, 0.25) is 0 Å². The molecule has 0 spiro atoms. The zero-order valence-corrected chi connectivity index (χ0v) is 12.3. The van der Waals surface area contributed by atoms with Gasteiger partial charge in [-0.2, -0.15) is 0 Å². The van der Waals surface area contributed by atoms with E-state index in [9.17, 15) is 28.1 Å². The molecule has 0 aliphatic carbocycles. The van der Waals surface area contributed by atoms with Gasteiger partial charge in [0.15, 0.2) is 11.6 Å². The molecule has 0 saturated carbocycles. The quantitative estimate of drug-likeness (QED) is 0.443. The molecule has 0 radical (unpaired) electrons. The van der Waals surface area contributed by atoms with Crippen molar-refractivity contribution in [3.8, 4) is 0 Å². The van der Waals surface area contributed by atoms with Crippen LogP contribution in [0.5, 0.6) is 0 Å². The first-order chi connectivity index (χ1) is 11.9. The van der Waals surface area contributed by atoms with Crippen molar-refractivity contribution in [1.29, 1.82) is 0 Å². The van der Waals surface area contributed by atoms with E-state index in [1.807, 2.05) is 0 Å². The number of nitrogens with zero attached hydrogens (tertiary/aromatic N) is 2. The third-order valence-electron chi connectivity index (χ3n) is 3.40. The number of nitro benzene ring substituents is 1. The number of carbonyl (C=O) groups is 1. The van der Waals surface area contributed by atoms with Gasteiger partial charge < -0.3 is 5.32 Å². The number of anilines is 1. The van der Waals surface area contributed by atoms with E-state index in [0.717, 1.165) is 0 Å². The number of halogens is 3. The van der Waals surface area contributed by atoms with E-state index in [2.05, 4.69) is 10.3 Å². The summed E-state index contributed by atoms with van der Waals surface area (Å²) in [5.74, 6) is -5.43. The van der Waals surface area contributed by atoms with Gasteiger partial charge in [-0.3, -0.25) is 14.9 Å². The van der Waals surface area contributed by atoms with Crippen molar-refractivity contribution in [2.45, 2.75) is 0 Å². The molecule has 1 amide bonds. The number of nitro groups is 1. The number of aromatic nitrogens is 1. The smallest absolute Gasteiger partial charge is 0.270 e. The average molecular weight is 347 g/mol. The number of fused-ring (bicyclic) bond motifs is 1. The molecule has 0 aliphatic rings. The molecule has 3 aromatic rings. The van der Waals surface area contributed by atoms with Gasteiger partial charge in [0.1, 0.15) is 17.2 Å². The van der Waals surface area contributed by atoms with Crippen molar-refractivity contribution in [2.24, 2.45) is 0 Å². The number of nitrogens with one attached hydrogen (secondary N) is 1. The monoisotopic (exact) mass is 347 g/mol. The van der Waals surface area contributed by atoms with E-state index in [4.69, 9.17) is 0 Å². The van der Waals surface area contributed by atoms with Crippen molar-refractivity contribution in [3.05, 3.63) is 75.6 Å². The Morgan fingerprint density at radius 2 is 1.76 bits per heavy atom. The molecule has 0 saturated heterocycles. The molecule has 0 bridgehead atoms. The molecule has 0 unspecified atom stereocenters. The molecule has 126 valence electrons. The molecule has 25 heavy (non-hydrogen) atoms. The van der Waals surface area contributed by atoms with Gasteiger partial charge in [0.25, 0.3) is 11.6 Å². The van der Waals surface area contributed by atoms with E-state index >= 15 is 0 Å². The first kappa shape index (κ1) is 16.4. The third-order valence-corrected chi connectivity index (χ3v) is 3.40. The average Bonchev–Trinajstić information content (AvgIpc) is 2.58. The van der Waals surface area contributed by atoms with Gasteiger partial charge >= 0.3 is 0 Å².